The van der Waals surface area contributed by atoms with E-state index >= 15 is 0 Å². The van der Waals surface area contributed by atoms with Crippen LogP contribution < -0.4 is 5.73 Å². The molecule has 0 aliphatic carbocycles. The zero-order valence-corrected chi connectivity index (χ0v) is 10.2. The van der Waals surface area contributed by atoms with Crippen LogP contribution >= 0.6 is 11.3 Å². The van der Waals surface area contributed by atoms with Crippen molar-refractivity contribution >= 4 is 22.6 Å². The van der Waals surface area contributed by atoms with Gasteiger partial charge in [-0.1, -0.05) is 6.07 Å². The van der Waals surface area contributed by atoms with E-state index in [1.54, 1.807) is 29.8 Å². The summed E-state index contributed by atoms with van der Waals surface area (Å²) in [4.78, 5) is 4.00. The summed E-state index contributed by atoms with van der Waals surface area (Å²) < 4.78 is 0. The van der Waals surface area contributed by atoms with Crippen LogP contribution in [0.1, 0.15) is 16.7 Å². The second kappa shape index (κ2) is 4.81. The average Bonchev–Trinajstić information content (AvgIpc) is 2.77. The fourth-order valence-corrected chi connectivity index (χ4v) is 2.41. The van der Waals surface area contributed by atoms with Gasteiger partial charge in [0.2, 0.25) is 0 Å². The summed E-state index contributed by atoms with van der Waals surface area (Å²) in [5.41, 5.74) is 9.81. The van der Waals surface area contributed by atoms with Crippen LogP contribution in [0.15, 0.2) is 35.3 Å². The molecule has 2 aromatic heterocycles. The Balaban J connectivity index is 2.57. The van der Waals surface area contributed by atoms with Crippen molar-refractivity contribution in [2.75, 3.05) is 0 Å². The molecule has 17 heavy (non-hydrogen) atoms. The minimum atomic E-state index is 0.472. The quantitative estimate of drug-likeness (QED) is 0.822. The molecule has 0 spiro atoms. The first-order chi connectivity index (χ1) is 8.24. The maximum Gasteiger partial charge on any atom is 0.102 e. The topological polar surface area (TPSA) is 62.7 Å². The highest BCUT2D eigenvalue weighted by atomic mass is 32.1. The summed E-state index contributed by atoms with van der Waals surface area (Å²) in [6.45, 7) is 1.98. The number of hydrogen-bond donors (Lipinski definition) is 1. The van der Waals surface area contributed by atoms with Crippen LogP contribution in [0.3, 0.4) is 0 Å². The Morgan fingerprint density at radius 3 is 2.82 bits per heavy atom. The lowest BCUT2D eigenvalue weighted by Gasteiger charge is -2.05. The molecule has 2 N–H and O–H groups in total. The van der Waals surface area contributed by atoms with E-state index in [0.717, 1.165) is 16.7 Å². The Kier molecular flexibility index (Phi) is 3.22. The van der Waals surface area contributed by atoms with Gasteiger partial charge in [-0.15, -0.1) is 0 Å². The maximum atomic E-state index is 9.23. The van der Waals surface area contributed by atoms with Crippen LogP contribution in [-0.4, -0.2) is 4.98 Å². The number of nitrogens with two attached hydrogens (primary N) is 1. The Bertz CT molecular complexity index is 591. The number of hydrogen-bond acceptors (Lipinski definition) is 4. The molecular formula is C13H11N3S. The third-order valence-corrected chi connectivity index (χ3v) is 3.34. The van der Waals surface area contributed by atoms with Crippen molar-refractivity contribution in [3.05, 3.63) is 52.0 Å². The van der Waals surface area contributed by atoms with Gasteiger partial charge in [0, 0.05) is 28.9 Å². The smallest absolute Gasteiger partial charge is 0.102 e. The minimum Gasteiger partial charge on any atom is -0.397 e. The molecule has 0 unspecified atom stereocenters. The van der Waals surface area contributed by atoms with E-state index in [0.29, 0.717) is 11.3 Å². The van der Waals surface area contributed by atoms with Crippen LogP contribution in [0.25, 0.3) is 11.3 Å². The van der Waals surface area contributed by atoms with Crippen molar-refractivity contribution in [1.29, 1.82) is 5.26 Å². The molecule has 0 fully saturated rings. The van der Waals surface area contributed by atoms with E-state index in [2.05, 4.69) is 11.1 Å². The first-order valence-corrected chi connectivity index (χ1v) is 6.01. The number of nitriles is 1. The van der Waals surface area contributed by atoms with Crippen molar-refractivity contribution in [3.63, 3.8) is 0 Å². The van der Waals surface area contributed by atoms with Gasteiger partial charge in [0.05, 0.1) is 11.3 Å². The van der Waals surface area contributed by atoms with Crippen LogP contribution in [0.4, 0.5) is 0 Å². The van der Waals surface area contributed by atoms with Crippen molar-refractivity contribution in [2.45, 2.75) is 6.92 Å². The van der Waals surface area contributed by atoms with E-state index in [-0.39, 0.29) is 0 Å². The zero-order chi connectivity index (χ0) is 12.3. The summed E-state index contributed by atoms with van der Waals surface area (Å²) >= 11 is 1.58. The van der Waals surface area contributed by atoms with E-state index in [1.165, 1.54) is 0 Å². The highest BCUT2D eigenvalue weighted by Crippen LogP contribution is 2.26. The number of pyridine rings is 1. The Hall–Kier alpha value is -2.12. The summed E-state index contributed by atoms with van der Waals surface area (Å²) in [5.74, 6) is 0. The van der Waals surface area contributed by atoms with Crippen LogP contribution in [0.5, 0.6) is 0 Å². The summed E-state index contributed by atoms with van der Waals surface area (Å²) in [6, 6.07) is 5.78. The normalized spacial score (nSPS) is 11.8. The Labute approximate surface area is 104 Å². The lowest BCUT2D eigenvalue weighted by Crippen LogP contribution is -2.01. The lowest BCUT2D eigenvalue weighted by atomic mass is 10.0. The molecule has 0 saturated heterocycles. The van der Waals surface area contributed by atoms with E-state index in [9.17, 15) is 5.26 Å². The molecule has 0 saturated carbocycles. The second-order valence-electron chi connectivity index (χ2n) is 3.61. The van der Waals surface area contributed by atoms with Gasteiger partial charge in [-0.25, -0.2) is 0 Å². The van der Waals surface area contributed by atoms with E-state index in [1.807, 2.05) is 23.8 Å². The second-order valence-corrected chi connectivity index (χ2v) is 4.35. The summed E-state index contributed by atoms with van der Waals surface area (Å²) in [5, 5.41) is 13.2. The molecule has 2 heterocycles. The monoisotopic (exact) mass is 241 g/mol. The van der Waals surface area contributed by atoms with Gasteiger partial charge in [-0.3, -0.25) is 4.98 Å². The van der Waals surface area contributed by atoms with Gasteiger partial charge in [-0.2, -0.15) is 16.6 Å². The summed E-state index contributed by atoms with van der Waals surface area (Å²) in [7, 11) is 0. The number of aromatic nitrogens is 1. The van der Waals surface area contributed by atoms with E-state index in [4.69, 9.17) is 5.73 Å². The molecule has 0 amide bonds. The van der Waals surface area contributed by atoms with Crippen molar-refractivity contribution in [1.82, 2.24) is 4.98 Å². The fraction of sp³-hybridized carbons (Fsp3) is 0.0769. The zero-order valence-electron chi connectivity index (χ0n) is 9.34. The maximum absolute atomic E-state index is 9.23. The first kappa shape index (κ1) is 11.4. The van der Waals surface area contributed by atoms with Crippen molar-refractivity contribution in [2.24, 2.45) is 5.73 Å². The molecule has 0 aliphatic rings. The molecule has 3 nitrogen and oxygen atoms in total. The van der Waals surface area contributed by atoms with Gasteiger partial charge in [0.1, 0.15) is 6.07 Å². The molecule has 0 bridgehead atoms. The number of allylic oxidation sites excluding steroid dienone is 1. The molecule has 2 rings (SSSR count). The third kappa shape index (κ3) is 2.19. The molecule has 84 valence electrons. The third-order valence-electron chi connectivity index (χ3n) is 2.48. The highest BCUT2D eigenvalue weighted by molar-refractivity contribution is 7.08. The molecule has 0 atom stereocenters. The predicted octanol–water partition coefficient (Wildman–Crippen LogP) is 2.80. The Morgan fingerprint density at radius 1 is 1.47 bits per heavy atom. The molecule has 4 heteroatoms. The van der Waals surface area contributed by atoms with Gasteiger partial charge in [0.25, 0.3) is 0 Å². The standard InChI is InChI=1S/C13H11N3S/c1-9-7-17-8-12(9)13(15)11(5-14)10-3-2-4-16-6-10/h2-4,6-8H,15H2,1H3/b13-11+. The molecular weight excluding hydrogens is 230 g/mol. The van der Waals surface area contributed by atoms with Crippen LogP contribution in [0, 0.1) is 18.3 Å². The number of thiophene rings is 1. The van der Waals surface area contributed by atoms with Gasteiger partial charge < -0.3 is 5.73 Å². The van der Waals surface area contributed by atoms with E-state index < -0.39 is 0 Å². The lowest BCUT2D eigenvalue weighted by molar-refractivity contribution is 1.31. The number of rotatable bonds is 2. The predicted molar refractivity (Wildman–Crippen MR) is 69.9 cm³/mol. The molecule has 0 aromatic carbocycles. The molecule has 0 radical (unpaired) electrons. The van der Waals surface area contributed by atoms with Crippen molar-refractivity contribution in [3.8, 4) is 6.07 Å². The number of nitrogens with zero attached hydrogens (tertiary/aromatic N) is 2. The number of aryl methyl sites for hydroxylation is 1. The Morgan fingerprint density at radius 2 is 2.29 bits per heavy atom. The molecule has 0 aliphatic heterocycles. The van der Waals surface area contributed by atoms with Gasteiger partial charge in [-0.05, 0) is 23.9 Å². The fourth-order valence-electron chi connectivity index (χ4n) is 1.56. The average molecular weight is 241 g/mol. The van der Waals surface area contributed by atoms with Gasteiger partial charge >= 0.3 is 0 Å². The SMILES string of the molecule is Cc1cscc1/C(N)=C(/C#N)c1cccnc1. The summed E-state index contributed by atoms with van der Waals surface area (Å²) in [6.07, 6.45) is 3.32. The highest BCUT2D eigenvalue weighted by Gasteiger charge is 2.10. The minimum absolute atomic E-state index is 0.472. The van der Waals surface area contributed by atoms with Crippen molar-refractivity contribution < 1.29 is 0 Å². The van der Waals surface area contributed by atoms with Gasteiger partial charge in [0.15, 0.2) is 0 Å². The largest absolute Gasteiger partial charge is 0.397 e. The van der Waals surface area contributed by atoms with Crippen LogP contribution in [0.2, 0.25) is 0 Å². The van der Waals surface area contributed by atoms with Crippen LogP contribution in [-0.2, 0) is 0 Å². The first-order valence-electron chi connectivity index (χ1n) is 5.07. The molecule has 2 aromatic rings.